The van der Waals surface area contributed by atoms with Gasteiger partial charge in [0.05, 0.1) is 0 Å². The summed E-state index contributed by atoms with van der Waals surface area (Å²) in [7, 11) is 0. The van der Waals surface area contributed by atoms with Gasteiger partial charge in [-0.25, -0.2) is 0 Å². The molecule has 0 atom stereocenters. The SMILES string of the molecule is C.NCCCCCCN. The van der Waals surface area contributed by atoms with E-state index < -0.39 is 0 Å². The van der Waals surface area contributed by atoms with Gasteiger partial charge in [0.1, 0.15) is 0 Å². The first-order valence-electron chi connectivity index (χ1n) is 3.32. The van der Waals surface area contributed by atoms with E-state index in [9.17, 15) is 0 Å². The minimum absolute atomic E-state index is 0. The first-order valence-corrected chi connectivity index (χ1v) is 3.32. The fraction of sp³-hybridized carbons (Fsp3) is 1.00. The first-order chi connectivity index (χ1) is 3.91. The summed E-state index contributed by atoms with van der Waals surface area (Å²) in [5.41, 5.74) is 10.6. The van der Waals surface area contributed by atoms with Gasteiger partial charge in [0.2, 0.25) is 0 Å². The lowest BCUT2D eigenvalue weighted by atomic mass is 10.2. The van der Waals surface area contributed by atoms with Gasteiger partial charge in [-0.1, -0.05) is 20.3 Å². The normalized spacial score (nSPS) is 8.67. The highest BCUT2D eigenvalue weighted by molar-refractivity contribution is 4.43. The number of hydrogen-bond donors (Lipinski definition) is 2. The Morgan fingerprint density at radius 1 is 0.667 bits per heavy atom. The molecule has 0 saturated carbocycles. The van der Waals surface area contributed by atoms with Crippen molar-refractivity contribution in [2.45, 2.75) is 33.1 Å². The van der Waals surface area contributed by atoms with E-state index in [0.29, 0.717) is 0 Å². The van der Waals surface area contributed by atoms with Gasteiger partial charge >= 0.3 is 0 Å². The first kappa shape index (κ1) is 11.7. The quantitative estimate of drug-likeness (QED) is 0.550. The zero-order chi connectivity index (χ0) is 6.24. The predicted octanol–water partition coefficient (Wildman–Crippen LogP) is 1.10. The highest BCUT2D eigenvalue weighted by Gasteiger charge is 1.83. The minimum Gasteiger partial charge on any atom is -0.330 e. The Morgan fingerprint density at radius 3 is 1.22 bits per heavy atom. The second kappa shape index (κ2) is 10.8. The molecule has 4 N–H and O–H groups in total. The smallest absolute Gasteiger partial charge is 0.00773 e. The molecule has 0 aliphatic rings. The molecule has 9 heavy (non-hydrogen) atoms. The van der Waals surface area contributed by atoms with Crippen LogP contribution in [0.1, 0.15) is 33.1 Å². The van der Waals surface area contributed by atoms with Crippen LogP contribution in [-0.2, 0) is 0 Å². The summed E-state index contributed by atoms with van der Waals surface area (Å²) in [6, 6.07) is 0. The number of nitrogens with two attached hydrogens (primary N) is 2. The molecule has 0 saturated heterocycles. The maximum absolute atomic E-state index is 5.28. The van der Waals surface area contributed by atoms with E-state index in [1.54, 1.807) is 0 Å². The zero-order valence-electron chi connectivity index (χ0n) is 5.40. The molecule has 0 heterocycles. The van der Waals surface area contributed by atoms with E-state index in [0.717, 1.165) is 25.9 Å². The van der Waals surface area contributed by atoms with Crippen molar-refractivity contribution in [1.82, 2.24) is 0 Å². The topological polar surface area (TPSA) is 52.0 Å². The lowest BCUT2D eigenvalue weighted by Gasteiger charge is -1.94. The van der Waals surface area contributed by atoms with Crippen molar-refractivity contribution < 1.29 is 0 Å². The Morgan fingerprint density at radius 2 is 1.00 bits per heavy atom. The fourth-order valence-electron chi connectivity index (χ4n) is 0.642. The maximum atomic E-state index is 5.28. The molecule has 0 radical (unpaired) electrons. The number of rotatable bonds is 5. The second-order valence-electron chi connectivity index (χ2n) is 1.99. The molecular formula is C7H20N2. The van der Waals surface area contributed by atoms with Gasteiger partial charge in [0.15, 0.2) is 0 Å². The van der Waals surface area contributed by atoms with Gasteiger partial charge in [0, 0.05) is 0 Å². The van der Waals surface area contributed by atoms with Crippen LogP contribution >= 0.6 is 0 Å². The van der Waals surface area contributed by atoms with Crippen molar-refractivity contribution in [2.24, 2.45) is 11.5 Å². The second-order valence-corrected chi connectivity index (χ2v) is 1.99. The van der Waals surface area contributed by atoms with Gasteiger partial charge in [-0.05, 0) is 25.9 Å². The molecule has 0 unspecified atom stereocenters. The molecule has 0 bridgehead atoms. The lowest BCUT2D eigenvalue weighted by Crippen LogP contribution is -2.00. The molecule has 0 aliphatic carbocycles. The summed E-state index contributed by atoms with van der Waals surface area (Å²) in [4.78, 5) is 0. The summed E-state index contributed by atoms with van der Waals surface area (Å²) in [5, 5.41) is 0. The Bertz CT molecular complexity index is 31.9. The minimum atomic E-state index is 0. The summed E-state index contributed by atoms with van der Waals surface area (Å²) in [5.74, 6) is 0. The van der Waals surface area contributed by atoms with E-state index >= 15 is 0 Å². The monoisotopic (exact) mass is 132 g/mol. The fourth-order valence-corrected chi connectivity index (χ4v) is 0.642. The van der Waals surface area contributed by atoms with Crippen molar-refractivity contribution >= 4 is 0 Å². The van der Waals surface area contributed by atoms with E-state index in [2.05, 4.69) is 0 Å². The molecule has 0 aromatic heterocycles. The molecule has 2 nitrogen and oxygen atoms in total. The Kier molecular flexibility index (Phi) is 14.0. The van der Waals surface area contributed by atoms with Gasteiger partial charge in [-0.15, -0.1) is 0 Å². The summed E-state index contributed by atoms with van der Waals surface area (Å²) >= 11 is 0. The molecular weight excluding hydrogens is 112 g/mol. The molecule has 0 amide bonds. The van der Waals surface area contributed by atoms with Crippen molar-refractivity contribution in [1.29, 1.82) is 0 Å². The van der Waals surface area contributed by atoms with Crippen molar-refractivity contribution in [3.05, 3.63) is 0 Å². The highest BCUT2D eigenvalue weighted by Crippen LogP contribution is 1.95. The zero-order valence-corrected chi connectivity index (χ0v) is 5.40. The summed E-state index contributed by atoms with van der Waals surface area (Å²) in [6.07, 6.45) is 4.79. The van der Waals surface area contributed by atoms with E-state index in [1.807, 2.05) is 0 Å². The maximum Gasteiger partial charge on any atom is -0.00773 e. The molecule has 0 aromatic carbocycles. The van der Waals surface area contributed by atoms with Crippen LogP contribution < -0.4 is 11.5 Å². The van der Waals surface area contributed by atoms with Crippen molar-refractivity contribution in [3.8, 4) is 0 Å². The third kappa shape index (κ3) is 11.5. The Labute approximate surface area is 58.6 Å². The molecule has 58 valence electrons. The Hall–Kier alpha value is -0.0800. The van der Waals surface area contributed by atoms with E-state index in [1.165, 1.54) is 12.8 Å². The third-order valence-corrected chi connectivity index (χ3v) is 1.16. The molecule has 0 aliphatic heterocycles. The molecule has 0 aromatic rings. The standard InChI is InChI=1S/C6H16N2.CH4/c7-5-3-1-2-4-6-8;/h1-8H2;1H4. The summed E-state index contributed by atoms with van der Waals surface area (Å²) in [6.45, 7) is 1.65. The van der Waals surface area contributed by atoms with Crippen LogP contribution in [0.4, 0.5) is 0 Å². The van der Waals surface area contributed by atoms with E-state index in [4.69, 9.17) is 11.5 Å². The van der Waals surface area contributed by atoms with Crippen LogP contribution in [0, 0.1) is 0 Å². The molecule has 0 spiro atoms. The average Bonchev–Trinajstić information content (AvgIpc) is 1.81. The Balaban J connectivity index is 0. The molecule has 2 heteroatoms. The van der Waals surface area contributed by atoms with Gasteiger partial charge in [-0.3, -0.25) is 0 Å². The average molecular weight is 132 g/mol. The number of hydrogen-bond acceptors (Lipinski definition) is 2. The van der Waals surface area contributed by atoms with E-state index in [-0.39, 0.29) is 7.43 Å². The van der Waals surface area contributed by atoms with Crippen LogP contribution in [0.3, 0.4) is 0 Å². The van der Waals surface area contributed by atoms with Crippen molar-refractivity contribution in [3.63, 3.8) is 0 Å². The van der Waals surface area contributed by atoms with Crippen LogP contribution in [-0.4, -0.2) is 13.1 Å². The molecule has 0 rings (SSSR count). The predicted molar refractivity (Wildman–Crippen MR) is 43.3 cm³/mol. The molecule has 0 fully saturated rings. The van der Waals surface area contributed by atoms with Crippen LogP contribution in [0.15, 0.2) is 0 Å². The van der Waals surface area contributed by atoms with Crippen LogP contribution in [0.2, 0.25) is 0 Å². The third-order valence-electron chi connectivity index (χ3n) is 1.16. The van der Waals surface area contributed by atoms with Gasteiger partial charge in [-0.2, -0.15) is 0 Å². The van der Waals surface area contributed by atoms with Crippen LogP contribution in [0.25, 0.3) is 0 Å². The number of unbranched alkanes of at least 4 members (excludes halogenated alkanes) is 3. The van der Waals surface area contributed by atoms with Crippen molar-refractivity contribution in [2.75, 3.05) is 13.1 Å². The van der Waals surface area contributed by atoms with Crippen LogP contribution in [0.5, 0.6) is 0 Å². The lowest BCUT2D eigenvalue weighted by molar-refractivity contribution is 0.653. The highest BCUT2D eigenvalue weighted by atomic mass is 14.5. The summed E-state index contributed by atoms with van der Waals surface area (Å²) < 4.78 is 0. The van der Waals surface area contributed by atoms with Gasteiger partial charge < -0.3 is 11.5 Å². The van der Waals surface area contributed by atoms with Gasteiger partial charge in [0.25, 0.3) is 0 Å². The largest absolute Gasteiger partial charge is 0.330 e.